The molecule has 0 aliphatic heterocycles. The van der Waals surface area contributed by atoms with Crippen LogP contribution in [0, 0.1) is 12.3 Å². The molecular weight excluding hydrogens is 336 g/mol. The number of hydrogen-bond donors (Lipinski definition) is 0. The van der Waals surface area contributed by atoms with Gasteiger partial charge in [-0.2, -0.15) is 8.42 Å². The molecule has 0 radical (unpaired) electrons. The molecule has 5 heteroatoms. The van der Waals surface area contributed by atoms with Gasteiger partial charge >= 0.3 is 0 Å². The molecule has 2 aliphatic carbocycles. The minimum absolute atomic E-state index is 0.189. The highest BCUT2D eigenvalue weighted by molar-refractivity contribution is 7.86. The first-order chi connectivity index (χ1) is 11.7. The van der Waals surface area contributed by atoms with Crippen molar-refractivity contribution in [3.8, 4) is 0 Å². The molecule has 2 aliphatic rings. The van der Waals surface area contributed by atoms with E-state index in [1.54, 1.807) is 24.3 Å². The zero-order valence-corrected chi connectivity index (χ0v) is 16.0. The molecular formula is C20H26O4S. The first kappa shape index (κ1) is 18.3. The van der Waals surface area contributed by atoms with Crippen LogP contribution in [0.5, 0.6) is 0 Å². The molecule has 25 heavy (non-hydrogen) atoms. The summed E-state index contributed by atoms with van der Waals surface area (Å²) in [4.78, 5) is 12.3. The van der Waals surface area contributed by atoms with Crippen LogP contribution in [0.25, 0.3) is 0 Å². The molecule has 0 spiro atoms. The van der Waals surface area contributed by atoms with Crippen LogP contribution >= 0.6 is 0 Å². The van der Waals surface area contributed by atoms with Gasteiger partial charge in [0.15, 0.2) is 5.78 Å². The van der Waals surface area contributed by atoms with Gasteiger partial charge in [-0.15, -0.1) is 0 Å². The summed E-state index contributed by atoms with van der Waals surface area (Å²) in [6.07, 6.45) is 4.15. The second-order valence-corrected chi connectivity index (χ2v) is 9.11. The largest absolute Gasteiger partial charge is 0.297 e. The van der Waals surface area contributed by atoms with E-state index >= 15 is 0 Å². The van der Waals surface area contributed by atoms with Crippen molar-refractivity contribution in [2.45, 2.75) is 70.3 Å². The van der Waals surface area contributed by atoms with E-state index in [1.165, 1.54) is 0 Å². The fraction of sp³-hybridized carbons (Fsp3) is 0.550. The van der Waals surface area contributed by atoms with Crippen LogP contribution in [0.4, 0.5) is 0 Å². The molecule has 4 nitrogen and oxygen atoms in total. The number of allylic oxidation sites excluding steroid dienone is 1. The normalized spacial score (nSPS) is 27.8. The maximum atomic E-state index is 12.8. The number of hydrogen-bond acceptors (Lipinski definition) is 4. The van der Waals surface area contributed by atoms with Crippen molar-refractivity contribution in [1.82, 2.24) is 0 Å². The number of fused-ring (bicyclic) bond motifs is 1. The van der Waals surface area contributed by atoms with Crippen molar-refractivity contribution in [3.05, 3.63) is 41.0 Å². The molecule has 1 fully saturated rings. The van der Waals surface area contributed by atoms with Gasteiger partial charge in [-0.3, -0.25) is 8.98 Å². The molecule has 0 unspecified atom stereocenters. The maximum absolute atomic E-state index is 12.8. The van der Waals surface area contributed by atoms with Crippen LogP contribution in [-0.2, 0) is 19.1 Å². The van der Waals surface area contributed by atoms with E-state index in [1.807, 2.05) is 13.8 Å². The van der Waals surface area contributed by atoms with Gasteiger partial charge < -0.3 is 0 Å². The highest BCUT2D eigenvalue weighted by Crippen LogP contribution is 2.49. The molecule has 0 N–H and O–H groups in total. The summed E-state index contributed by atoms with van der Waals surface area (Å²) in [5, 5.41) is 0. The van der Waals surface area contributed by atoms with Crippen LogP contribution in [0.1, 0.15) is 57.9 Å². The Hall–Kier alpha value is -1.46. The summed E-state index contributed by atoms with van der Waals surface area (Å²) in [6.45, 7) is 5.87. The Bertz CT molecular complexity index is 805. The van der Waals surface area contributed by atoms with Gasteiger partial charge in [0.1, 0.15) is 0 Å². The Kier molecular flexibility index (Phi) is 4.91. The average Bonchev–Trinajstić information content (AvgIpc) is 2.72. The van der Waals surface area contributed by atoms with E-state index in [9.17, 15) is 13.2 Å². The third-order valence-electron chi connectivity index (χ3n) is 5.84. The van der Waals surface area contributed by atoms with Crippen molar-refractivity contribution in [2.24, 2.45) is 5.41 Å². The minimum Gasteiger partial charge on any atom is -0.295 e. The topological polar surface area (TPSA) is 60.4 Å². The second kappa shape index (κ2) is 6.69. The van der Waals surface area contributed by atoms with Crippen LogP contribution in [0.3, 0.4) is 0 Å². The quantitative estimate of drug-likeness (QED) is 0.751. The molecule has 0 heterocycles. The molecule has 1 saturated carbocycles. The number of carbonyl (C=O) groups is 1. The van der Waals surface area contributed by atoms with Gasteiger partial charge in [0.2, 0.25) is 0 Å². The summed E-state index contributed by atoms with van der Waals surface area (Å²) in [7, 11) is -3.82. The molecule has 2 atom stereocenters. The smallest absolute Gasteiger partial charge is 0.295 e. The first-order valence-electron chi connectivity index (χ1n) is 8.97. The minimum atomic E-state index is -3.82. The maximum Gasteiger partial charge on any atom is 0.297 e. The SMILES string of the molecule is CC1=C2CCCC[C@@H](OS(=O)(=O)c3ccc(C)cc3)[C@]2(C)CCC1=O. The van der Waals surface area contributed by atoms with E-state index in [2.05, 4.69) is 6.92 Å². The lowest BCUT2D eigenvalue weighted by Crippen LogP contribution is -2.40. The van der Waals surface area contributed by atoms with Gasteiger partial charge in [-0.1, -0.05) is 36.6 Å². The predicted octanol–water partition coefficient (Wildman–Crippen LogP) is 4.33. The second-order valence-electron chi connectivity index (χ2n) is 7.54. The van der Waals surface area contributed by atoms with Crippen molar-refractivity contribution in [3.63, 3.8) is 0 Å². The molecule has 0 saturated heterocycles. The van der Waals surface area contributed by atoms with Crippen molar-refractivity contribution < 1.29 is 17.4 Å². The van der Waals surface area contributed by atoms with E-state index in [0.29, 0.717) is 19.3 Å². The number of rotatable bonds is 3. The molecule has 0 aromatic heterocycles. The van der Waals surface area contributed by atoms with Crippen LogP contribution < -0.4 is 0 Å². The predicted molar refractivity (Wildman–Crippen MR) is 96.8 cm³/mol. The number of ketones is 1. The lowest BCUT2D eigenvalue weighted by atomic mass is 9.67. The van der Waals surface area contributed by atoms with E-state index in [4.69, 9.17) is 4.18 Å². The highest BCUT2D eigenvalue weighted by atomic mass is 32.2. The number of Topliss-reactive ketones (excluding diaryl/α,β-unsaturated/α-hetero) is 1. The summed E-state index contributed by atoms with van der Waals surface area (Å²) < 4.78 is 31.3. The number of carbonyl (C=O) groups excluding carboxylic acids is 1. The monoisotopic (exact) mass is 362 g/mol. The molecule has 136 valence electrons. The van der Waals surface area contributed by atoms with Gasteiger partial charge in [0.05, 0.1) is 11.0 Å². The third kappa shape index (κ3) is 3.44. The average molecular weight is 362 g/mol. The first-order valence-corrected chi connectivity index (χ1v) is 10.4. The summed E-state index contributed by atoms with van der Waals surface area (Å²) in [5.74, 6) is 0.189. The van der Waals surface area contributed by atoms with E-state index in [-0.39, 0.29) is 16.1 Å². The van der Waals surface area contributed by atoms with Crippen LogP contribution in [0.15, 0.2) is 40.3 Å². The zero-order chi connectivity index (χ0) is 18.2. The Labute approximate surface area is 150 Å². The lowest BCUT2D eigenvalue weighted by molar-refractivity contribution is -0.117. The molecule has 0 amide bonds. The highest BCUT2D eigenvalue weighted by Gasteiger charge is 2.45. The summed E-state index contributed by atoms with van der Waals surface area (Å²) >= 11 is 0. The van der Waals surface area contributed by atoms with Crippen molar-refractivity contribution in [2.75, 3.05) is 0 Å². The van der Waals surface area contributed by atoms with Gasteiger partial charge in [-0.05, 0) is 57.2 Å². The van der Waals surface area contributed by atoms with Crippen molar-refractivity contribution in [1.29, 1.82) is 0 Å². The molecule has 1 aromatic rings. The third-order valence-corrected chi connectivity index (χ3v) is 7.17. The fourth-order valence-corrected chi connectivity index (χ4v) is 5.35. The van der Waals surface area contributed by atoms with E-state index in [0.717, 1.165) is 36.0 Å². The molecule has 1 aromatic carbocycles. The Morgan fingerprint density at radius 3 is 2.44 bits per heavy atom. The van der Waals surface area contributed by atoms with Crippen molar-refractivity contribution >= 4 is 15.9 Å². The lowest BCUT2D eigenvalue weighted by Gasteiger charge is -2.41. The Balaban J connectivity index is 1.95. The van der Waals surface area contributed by atoms with Gasteiger partial charge in [0, 0.05) is 11.8 Å². The summed E-state index contributed by atoms with van der Waals surface area (Å²) in [5.41, 5.74) is 2.54. The fourth-order valence-electron chi connectivity index (χ4n) is 4.15. The molecule has 3 rings (SSSR count). The van der Waals surface area contributed by atoms with Gasteiger partial charge in [0.25, 0.3) is 10.1 Å². The van der Waals surface area contributed by atoms with Crippen LogP contribution in [0.2, 0.25) is 0 Å². The van der Waals surface area contributed by atoms with Crippen LogP contribution in [-0.4, -0.2) is 20.3 Å². The zero-order valence-electron chi connectivity index (χ0n) is 15.2. The van der Waals surface area contributed by atoms with E-state index < -0.39 is 16.2 Å². The Morgan fingerprint density at radius 2 is 1.76 bits per heavy atom. The Morgan fingerprint density at radius 1 is 1.08 bits per heavy atom. The summed E-state index contributed by atoms with van der Waals surface area (Å²) in [6, 6.07) is 6.74. The number of benzene rings is 1. The van der Waals surface area contributed by atoms with Gasteiger partial charge in [-0.25, -0.2) is 0 Å². The molecule has 0 bridgehead atoms. The standard InChI is InChI=1S/C20H26O4S/c1-14-8-10-16(11-9-14)25(22,23)24-19-7-5-4-6-17-15(2)18(21)12-13-20(17,19)3/h8-11,19H,4-7,12-13H2,1-3H3/t19-,20-/m1/s1. The number of aryl methyl sites for hydroxylation is 1.